The lowest BCUT2D eigenvalue weighted by molar-refractivity contribution is 0.578. The summed E-state index contributed by atoms with van der Waals surface area (Å²) in [5, 5.41) is 4.27. The van der Waals surface area contributed by atoms with Crippen LogP contribution >= 0.6 is 11.6 Å². The van der Waals surface area contributed by atoms with Crippen molar-refractivity contribution in [1.82, 2.24) is 0 Å². The first-order valence-electron chi connectivity index (χ1n) is 7.65. The summed E-state index contributed by atoms with van der Waals surface area (Å²) in [6.45, 7) is 3.06. The Morgan fingerprint density at radius 2 is 1.71 bits per heavy atom. The normalized spacial score (nSPS) is 15.0. The van der Waals surface area contributed by atoms with Crippen LogP contribution in [0.5, 0.6) is 0 Å². The van der Waals surface area contributed by atoms with E-state index in [0.717, 1.165) is 30.3 Å². The van der Waals surface area contributed by atoms with E-state index in [9.17, 15) is 0 Å². The number of hydrogen-bond acceptors (Lipinski definition) is 2. The quantitative estimate of drug-likeness (QED) is 0.860. The minimum atomic E-state index is 0.820. The molecule has 110 valence electrons. The molecule has 3 rings (SSSR count). The number of benzene rings is 2. The Labute approximate surface area is 131 Å². The Kier molecular flexibility index (Phi) is 4.66. The van der Waals surface area contributed by atoms with Gasteiger partial charge in [0.05, 0.1) is 10.7 Å². The average molecular weight is 301 g/mol. The summed E-state index contributed by atoms with van der Waals surface area (Å²) in [5.74, 6) is 0. The molecule has 2 aromatic rings. The lowest BCUT2D eigenvalue weighted by atomic mass is 10.1. The number of hydrogen-bond donors (Lipinski definition) is 1. The molecule has 0 spiro atoms. The van der Waals surface area contributed by atoms with Crippen molar-refractivity contribution in [1.29, 1.82) is 0 Å². The van der Waals surface area contributed by atoms with Gasteiger partial charge in [0.25, 0.3) is 0 Å². The van der Waals surface area contributed by atoms with Gasteiger partial charge in [-0.3, -0.25) is 0 Å². The van der Waals surface area contributed by atoms with Crippen molar-refractivity contribution in [3.05, 3.63) is 59.1 Å². The fourth-order valence-corrected chi connectivity index (χ4v) is 3.11. The molecule has 1 aliphatic rings. The highest BCUT2D eigenvalue weighted by Gasteiger charge is 2.13. The van der Waals surface area contributed by atoms with Crippen molar-refractivity contribution in [2.75, 3.05) is 23.3 Å². The van der Waals surface area contributed by atoms with Gasteiger partial charge in [-0.05, 0) is 43.0 Å². The highest BCUT2D eigenvalue weighted by Crippen LogP contribution is 2.30. The van der Waals surface area contributed by atoms with Crippen molar-refractivity contribution in [2.24, 2.45) is 0 Å². The van der Waals surface area contributed by atoms with Gasteiger partial charge in [-0.1, -0.05) is 41.9 Å². The molecule has 0 bridgehead atoms. The van der Waals surface area contributed by atoms with Gasteiger partial charge in [-0.2, -0.15) is 0 Å². The van der Waals surface area contributed by atoms with Gasteiger partial charge < -0.3 is 10.2 Å². The minimum Gasteiger partial charge on any atom is -0.381 e. The van der Waals surface area contributed by atoms with E-state index in [0.29, 0.717) is 0 Å². The van der Waals surface area contributed by atoms with Crippen molar-refractivity contribution in [2.45, 2.75) is 25.8 Å². The van der Waals surface area contributed by atoms with E-state index in [1.807, 2.05) is 12.1 Å². The predicted molar refractivity (Wildman–Crippen MR) is 91.3 cm³/mol. The van der Waals surface area contributed by atoms with E-state index < -0.39 is 0 Å². The van der Waals surface area contributed by atoms with E-state index in [1.165, 1.54) is 30.5 Å². The van der Waals surface area contributed by atoms with Gasteiger partial charge in [0, 0.05) is 25.3 Å². The molecule has 0 aliphatic carbocycles. The van der Waals surface area contributed by atoms with E-state index in [4.69, 9.17) is 11.6 Å². The summed E-state index contributed by atoms with van der Waals surface area (Å²) >= 11 is 6.46. The number of anilines is 2. The third kappa shape index (κ3) is 3.70. The lowest BCUT2D eigenvalue weighted by Gasteiger charge is -2.29. The molecule has 0 saturated carbocycles. The predicted octanol–water partition coefficient (Wildman–Crippen LogP) is 4.94. The van der Waals surface area contributed by atoms with E-state index in [2.05, 4.69) is 46.6 Å². The Hall–Kier alpha value is -1.67. The Morgan fingerprint density at radius 3 is 2.43 bits per heavy atom. The molecule has 21 heavy (non-hydrogen) atoms. The molecule has 0 unspecified atom stereocenters. The van der Waals surface area contributed by atoms with E-state index in [1.54, 1.807) is 0 Å². The van der Waals surface area contributed by atoms with Gasteiger partial charge in [-0.25, -0.2) is 0 Å². The summed E-state index contributed by atoms with van der Waals surface area (Å²) in [6, 6.07) is 16.7. The Bertz CT molecular complexity index is 577. The molecule has 0 amide bonds. The highest BCUT2D eigenvalue weighted by molar-refractivity contribution is 6.33. The molecule has 1 aliphatic heterocycles. The second-order valence-corrected chi connectivity index (χ2v) is 5.96. The molecule has 0 aromatic heterocycles. The van der Waals surface area contributed by atoms with Crippen LogP contribution in [0.4, 0.5) is 11.4 Å². The summed E-state index contributed by atoms with van der Waals surface area (Å²) in [4.78, 5) is 2.40. The Balaban J connectivity index is 1.66. The van der Waals surface area contributed by atoms with Crippen LogP contribution in [-0.4, -0.2) is 13.1 Å². The van der Waals surface area contributed by atoms with Crippen molar-refractivity contribution in [3.8, 4) is 0 Å². The fourth-order valence-electron chi connectivity index (χ4n) is 2.81. The largest absolute Gasteiger partial charge is 0.381 e. The smallest absolute Gasteiger partial charge is 0.0660 e. The SMILES string of the molecule is Clc1cc(NCc2ccccc2)ccc1N1CCCCC1. The maximum Gasteiger partial charge on any atom is 0.0660 e. The average Bonchev–Trinajstić information content (AvgIpc) is 2.55. The van der Waals surface area contributed by atoms with Crippen LogP contribution in [0.25, 0.3) is 0 Å². The zero-order valence-electron chi connectivity index (χ0n) is 12.2. The molecule has 2 aromatic carbocycles. The first-order valence-corrected chi connectivity index (χ1v) is 8.03. The van der Waals surface area contributed by atoms with Crippen LogP contribution in [0.3, 0.4) is 0 Å². The number of piperidine rings is 1. The molecule has 3 heteroatoms. The summed E-state index contributed by atoms with van der Waals surface area (Å²) in [7, 11) is 0. The van der Waals surface area contributed by atoms with Gasteiger partial charge in [0.15, 0.2) is 0 Å². The van der Waals surface area contributed by atoms with Crippen molar-refractivity contribution < 1.29 is 0 Å². The number of halogens is 1. The second-order valence-electron chi connectivity index (χ2n) is 5.55. The van der Waals surface area contributed by atoms with Gasteiger partial charge in [-0.15, -0.1) is 0 Å². The van der Waals surface area contributed by atoms with Crippen LogP contribution < -0.4 is 10.2 Å². The number of rotatable bonds is 4. The maximum atomic E-state index is 6.46. The third-order valence-electron chi connectivity index (χ3n) is 3.98. The molecule has 0 atom stereocenters. The summed E-state index contributed by atoms with van der Waals surface area (Å²) in [6.07, 6.45) is 3.87. The second kappa shape index (κ2) is 6.86. The van der Waals surface area contributed by atoms with Crippen molar-refractivity contribution >= 4 is 23.0 Å². The molecule has 1 saturated heterocycles. The van der Waals surface area contributed by atoms with E-state index in [-0.39, 0.29) is 0 Å². The van der Waals surface area contributed by atoms with Crippen LogP contribution in [0.1, 0.15) is 24.8 Å². The monoisotopic (exact) mass is 300 g/mol. The first kappa shape index (κ1) is 14.3. The lowest BCUT2D eigenvalue weighted by Crippen LogP contribution is -2.29. The third-order valence-corrected chi connectivity index (χ3v) is 4.29. The number of nitrogens with one attached hydrogen (secondary N) is 1. The van der Waals surface area contributed by atoms with Crippen LogP contribution in [0, 0.1) is 0 Å². The fraction of sp³-hybridized carbons (Fsp3) is 0.333. The zero-order valence-corrected chi connectivity index (χ0v) is 12.9. The van der Waals surface area contributed by atoms with Gasteiger partial charge >= 0.3 is 0 Å². The topological polar surface area (TPSA) is 15.3 Å². The summed E-state index contributed by atoms with van der Waals surface area (Å²) < 4.78 is 0. The Morgan fingerprint density at radius 1 is 0.952 bits per heavy atom. The highest BCUT2D eigenvalue weighted by atomic mass is 35.5. The number of nitrogens with zero attached hydrogens (tertiary/aromatic N) is 1. The molecule has 1 heterocycles. The molecule has 0 radical (unpaired) electrons. The molecule has 1 N–H and O–H groups in total. The van der Waals surface area contributed by atoms with Crippen LogP contribution in [-0.2, 0) is 6.54 Å². The minimum absolute atomic E-state index is 0.820. The van der Waals surface area contributed by atoms with Crippen molar-refractivity contribution in [3.63, 3.8) is 0 Å². The van der Waals surface area contributed by atoms with Crippen LogP contribution in [0.15, 0.2) is 48.5 Å². The van der Waals surface area contributed by atoms with Crippen LogP contribution in [0.2, 0.25) is 5.02 Å². The standard InChI is InChI=1S/C18H21ClN2/c19-17-13-16(20-14-15-7-3-1-4-8-15)9-10-18(17)21-11-5-2-6-12-21/h1,3-4,7-10,13,20H,2,5-6,11-12,14H2. The van der Waals surface area contributed by atoms with Gasteiger partial charge in [0.2, 0.25) is 0 Å². The first-order chi connectivity index (χ1) is 10.3. The molecule has 2 nitrogen and oxygen atoms in total. The molecule has 1 fully saturated rings. The van der Waals surface area contributed by atoms with E-state index >= 15 is 0 Å². The maximum absolute atomic E-state index is 6.46. The molecular formula is C18H21ClN2. The zero-order chi connectivity index (χ0) is 14.5. The summed E-state index contributed by atoms with van der Waals surface area (Å²) in [5.41, 5.74) is 3.51. The van der Waals surface area contributed by atoms with Gasteiger partial charge in [0.1, 0.15) is 0 Å². The molecular weight excluding hydrogens is 280 g/mol.